The molecule has 4 heteroatoms. The standard InChI is InChI=1S/C11H9NO2S/c12-15-14-11(13)10-7-3-5-8-4-1-2-6-9(8)10/h1-7H,12H2. The minimum absolute atomic E-state index is 0.417. The van der Waals surface area contributed by atoms with Crippen molar-refractivity contribution in [2.24, 2.45) is 5.14 Å². The monoisotopic (exact) mass is 219 g/mol. The summed E-state index contributed by atoms with van der Waals surface area (Å²) in [6.45, 7) is 0. The van der Waals surface area contributed by atoms with Crippen LogP contribution in [0.3, 0.4) is 0 Å². The Kier molecular flexibility index (Phi) is 2.89. The fourth-order valence-corrected chi connectivity index (χ4v) is 1.67. The lowest BCUT2D eigenvalue weighted by molar-refractivity contribution is 0.0770. The molecule has 0 aliphatic heterocycles. The number of hydrogen-bond donors (Lipinski definition) is 1. The molecule has 0 amide bonds. The molecule has 76 valence electrons. The molecule has 0 saturated carbocycles. The summed E-state index contributed by atoms with van der Waals surface area (Å²) in [6, 6.07) is 13.1. The van der Waals surface area contributed by atoms with Crippen LogP contribution < -0.4 is 5.14 Å². The van der Waals surface area contributed by atoms with Crippen molar-refractivity contribution >= 4 is 29.0 Å². The molecule has 0 aromatic heterocycles. The Bertz CT molecular complexity index is 493. The lowest BCUT2D eigenvalue weighted by atomic mass is 10.1. The van der Waals surface area contributed by atoms with E-state index in [2.05, 4.69) is 0 Å². The first kappa shape index (κ1) is 10.0. The first-order valence-electron chi connectivity index (χ1n) is 4.38. The fourth-order valence-electron chi connectivity index (χ4n) is 1.49. The zero-order valence-electron chi connectivity index (χ0n) is 7.84. The van der Waals surface area contributed by atoms with Crippen LogP contribution in [0.15, 0.2) is 42.5 Å². The van der Waals surface area contributed by atoms with E-state index in [1.807, 2.05) is 36.4 Å². The molecule has 0 atom stereocenters. The van der Waals surface area contributed by atoms with Gasteiger partial charge in [-0.05, 0) is 16.8 Å². The molecule has 2 N–H and O–H groups in total. The molecule has 3 nitrogen and oxygen atoms in total. The SMILES string of the molecule is NSOC(=O)c1cccc2ccccc12. The van der Waals surface area contributed by atoms with Gasteiger partial charge in [-0.15, -0.1) is 0 Å². The number of hydrogen-bond acceptors (Lipinski definition) is 4. The molecule has 15 heavy (non-hydrogen) atoms. The summed E-state index contributed by atoms with van der Waals surface area (Å²) in [4.78, 5) is 11.5. The Balaban J connectivity index is 2.56. The third kappa shape index (κ3) is 1.95. The molecule has 0 fully saturated rings. The predicted octanol–water partition coefficient (Wildman–Crippen LogP) is 2.52. The maximum Gasteiger partial charge on any atom is 0.351 e. The van der Waals surface area contributed by atoms with Crippen molar-refractivity contribution < 1.29 is 8.98 Å². The van der Waals surface area contributed by atoms with Gasteiger partial charge >= 0.3 is 5.97 Å². The van der Waals surface area contributed by atoms with Crippen molar-refractivity contribution in [3.63, 3.8) is 0 Å². The topological polar surface area (TPSA) is 52.3 Å². The van der Waals surface area contributed by atoms with Crippen LogP contribution in [0.4, 0.5) is 0 Å². The highest BCUT2D eigenvalue weighted by molar-refractivity contribution is 7.92. The van der Waals surface area contributed by atoms with Gasteiger partial charge in [0.05, 0.1) is 5.56 Å². The number of nitrogens with two attached hydrogens (primary N) is 1. The van der Waals surface area contributed by atoms with Gasteiger partial charge in [0.15, 0.2) is 0 Å². The quantitative estimate of drug-likeness (QED) is 0.623. The Morgan fingerprint density at radius 2 is 1.87 bits per heavy atom. The van der Waals surface area contributed by atoms with E-state index in [-0.39, 0.29) is 0 Å². The van der Waals surface area contributed by atoms with Gasteiger partial charge < -0.3 is 4.18 Å². The second kappa shape index (κ2) is 4.33. The second-order valence-corrected chi connectivity index (χ2v) is 3.35. The first-order chi connectivity index (χ1) is 7.33. The van der Waals surface area contributed by atoms with Gasteiger partial charge in [0.25, 0.3) is 0 Å². The second-order valence-electron chi connectivity index (χ2n) is 2.99. The highest BCUT2D eigenvalue weighted by atomic mass is 32.2. The van der Waals surface area contributed by atoms with E-state index in [1.54, 1.807) is 6.07 Å². The highest BCUT2D eigenvalue weighted by Gasteiger charge is 2.10. The molecule has 0 aliphatic carbocycles. The summed E-state index contributed by atoms with van der Waals surface area (Å²) in [5, 5.41) is 6.97. The maximum atomic E-state index is 11.5. The van der Waals surface area contributed by atoms with Gasteiger partial charge in [0.2, 0.25) is 0 Å². The van der Waals surface area contributed by atoms with Gasteiger partial charge in [0, 0.05) is 0 Å². The summed E-state index contributed by atoms with van der Waals surface area (Å²) in [7, 11) is 0. The summed E-state index contributed by atoms with van der Waals surface area (Å²) in [5.41, 5.74) is 0.533. The van der Waals surface area contributed by atoms with Crippen LogP contribution in [-0.4, -0.2) is 5.97 Å². The van der Waals surface area contributed by atoms with Crippen LogP contribution in [0, 0.1) is 0 Å². The minimum atomic E-state index is -0.417. The summed E-state index contributed by atoms with van der Waals surface area (Å²) >= 11 is 0.564. The van der Waals surface area contributed by atoms with Crippen molar-refractivity contribution in [1.82, 2.24) is 0 Å². The fraction of sp³-hybridized carbons (Fsp3) is 0. The van der Waals surface area contributed by atoms with Crippen molar-refractivity contribution in [2.75, 3.05) is 0 Å². The normalized spacial score (nSPS) is 10.2. The molecule has 0 saturated heterocycles. The van der Waals surface area contributed by atoms with Crippen LogP contribution in [0.25, 0.3) is 10.8 Å². The lowest BCUT2D eigenvalue weighted by Crippen LogP contribution is -2.02. The Morgan fingerprint density at radius 1 is 1.13 bits per heavy atom. The van der Waals surface area contributed by atoms with Crippen LogP contribution in [0.1, 0.15) is 10.4 Å². The molecule has 0 heterocycles. The van der Waals surface area contributed by atoms with E-state index in [1.165, 1.54) is 0 Å². The Hall–Kier alpha value is -1.52. The number of carbonyl (C=O) groups excluding carboxylic acids is 1. The molecule has 2 aromatic carbocycles. The summed E-state index contributed by atoms with van der Waals surface area (Å²) in [6.07, 6.45) is 0. The minimum Gasteiger partial charge on any atom is -0.371 e. The van der Waals surface area contributed by atoms with E-state index in [0.29, 0.717) is 17.8 Å². The van der Waals surface area contributed by atoms with E-state index in [9.17, 15) is 4.79 Å². The largest absolute Gasteiger partial charge is 0.371 e. The van der Waals surface area contributed by atoms with Crippen molar-refractivity contribution in [3.8, 4) is 0 Å². The molecule has 0 bridgehead atoms. The number of benzene rings is 2. The van der Waals surface area contributed by atoms with Gasteiger partial charge in [-0.2, -0.15) is 0 Å². The van der Waals surface area contributed by atoms with Gasteiger partial charge in [-0.25, -0.2) is 9.93 Å². The number of carbonyl (C=O) groups is 1. The highest BCUT2D eigenvalue weighted by Crippen LogP contribution is 2.19. The molecular weight excluding hydrogens is 210 g/mol. The molecule has 0 unspecified atom stereocenters. The summed E-state index contributed by atoms with van der Waals surface area (Å²) < 4.78 is 4.69. The predicted molar refractivity (Wildman–Crippen MR) is 61.1 cm³/mol. The average Bonchev–Trinajstić information content (AvgIpc) is 2.28. The third-order valence-electron chi connectivity index (χ3n) is 2.13. The van der Waals surface area contributed by atoms with E-state index < -0.39 is 5.97 Å². The number of rotatable bonds is 2. The average molecular weight is 219 g/mol. The van der Waals surface area contributed by atoms with Crippen molar-refractivity contribution in [3.05, 3.63) is 48.0 Å². The zero-order chi connectivity index (χ0) is 10.7. The van der Waals surface area contributed by atoms with Gasteiger partial charge in [-0.3, -0.25) is 0 Å². The van der Waals surface area contributed by atoms with Gasteiger partial charge in [-0.1, -0.05) is 36.4 Å². The molecule has 2 rings (SSSR count). The van der Waals surface area contributed by atoms with Crippen molar-refractivity contribution in [2.45, 2.75) is 0 Å². The molecule has 0 aliphatic rings. The molecular formula is C11H9NO2S. The maximum absolute atomic E-state index is 11.5. The van der Waals surface area contributed by atoms with Crippen LogP contribution in [0.2, 0.25) is 0 Å². The van der Waals surface area contributed by atoms with Crippen LogP contribution in [0.5, 0.6) is 0 Å². The molecule has 0 spiro atoms. The molecule has 0 radical (unpaired) electrons. The van der Waals surface area contributed by atoms with E-state index in [4.69, 9.17) is 9.32 Å². The van der Waals surface area contributed by atoms with Crippen molar-refractivity contribution in [1.29, 1.82) is 0 Å². The van der Waals surface area contributed by atoms with Crippen LogP contribution >= 0.6 is 12.2 Å². The lowest BCUT2D eigenvalue weighted by Gasteiger charge is -2.03. The first-order valence-corrected chi connectivity index (χ1v) is 5.19. The summed E-state index contributed by atoms with van der Waals surface area (Å²) in [5.74, 6) is -0.417. The van der Waals surface area contributed by atoms with Gasteiger partial charge in [0.1, 0.15) is 12.2 Å². The smallest absolute Gasteiger partial charge is 0.351 e. The third-order valence-corrected chi connectivity index (χ3v) is 2.38. The Labute approximate surface area is 91.6 Å². The Morgan fingerprint density at radius 3 is 2.67 bits per heavy atom. The zero-order valence-corrected chi connectivity index (χ0v) is 8.66. The van der Waals surface area contributed by atoms with E-state index in [0.717, 1.165) is 10.8 Å². The number of fused-ring (bicyclic) bond motifs is 1. The van der Waals surface area contributed by atoms with Crippen LogP contribution in [-0.2, 0) is 4.18 Å². The van der Waals surface area contributed by atoms with E-state index >= 15 is 0 Å². The molecule has 2 aromatic rings.